The smallest absolute Gasteiger partial charge is 0.162 e. The maximum atomic E-state index is 5.51. The van der Waals surface area contributed by atoms with E-state index < -0.39 is 0 Å². The van der Waals surface area contributed by atoms with Crippen molar-refractivity contribution in [3.8, 4) is 10.8 Å². The molecule has 3 nitrogen and oxygen atoms in total. The molecule has 0 spiro atoms. The number of hydrogen-bond acceptors (Lipinski definition) is 4. The lowest BCUT2D eigenvalue weighted by molar-refractivity contribution is 0.512. The number of hydrogen-bond donors (Lipinski definition) is 1. The number of furan rings is 1. The van der Waals surface area contributed by atoms with Crippen LogP contribution in [-0.4, -0.2) is 11.0 Å². The molecule has 1 aliphatic carbocycles. The van der Waals surface area contributed by atoms with E-state index in [0.29, 0.717) is 6.04 Å². The minimum Gasteiger partial charge on any atom is -0.462 e. The van der Waals surface area contributed by atoms with E-state index >= 15 is 0 Å². The number of thiazole rings is 1. The summed E-state index contributed by atoms with van der Waals surface area (Å²) in [6.07, 6.45) is 7.07. The standard InChI is InChI=1S/C17H24N2OS/c1-17(2,3)15-14(11-18-12-7-4-5-8-12)21-16(19-15)13-9-6-10-20-13/h6,9-10,12,18H,4-5,7-8,11H2,1-3H3. The van der Waals surface area contributed by atoms with Crippen LogP contribution in [0.3, 0.4) is 0 Å². The van der Waals surface area contributed by atoms with Gasteiger partial charge in [0.15, 0.2) is 10.8 Å². The van der Waals surface area contributed by atoms with Crippen molar-refractivity contribution >= 4 is 11.3 Å². The van der Waals surface area contributed by atoms with Crippen molar-refractivity contribution < 1.29 is 4.42 Å². The fraction of sp³-hybridized carbons (Fsp3) is 0.588. The average Bonchev–Trinajstić information content (AvgIpc) is 3.16. The Morgan fingerprint density at radius 2 is 2.10 bits per heavy atom. The molecule has 2 heterocycles. The summed E-state index contributed by atoms with van der Waals surface area (Å²) in [4.78, 5) is 6.20. The SMILES string of the molecule is CC(C)(C)c1nc(-c2ccco2)sc1CNC1CCCC1. The van der Waals surface area contributed by atoms with E-state index in [9.17, 15) is 0 Å². The summed E-state index contributed by atoms with van der Waals surface area (Å²) >= 11 is 1.76. The van der Waals surface area contributed by atoms with Gasteiger partial charge in [0.2, 0.25) is 0 Å². The summed E-state index contributed by atoms with van der Waals surface area (Å²) < 4.78 is 5.51. The molecule has 1 N–H and O–H groups in total. The molecule has 2 aromatic heterocycles. The van der Waals surface area contributed by atoms with Crippen molar-refractivity contribution in [2.24, 2.45) is 0 Å². The van der Waals surface area contributed by atoms with Gasteiger partial charge in [0.25, 0.3) is 0 Å². The van der Waals surface area contributed by atoms with Crippen LogP contribution in [0.25, 0.3) is 10.8 Å². The second-order valence-electron chi connectivity index (χ2n) is 6.88. The highest BCUT2D eigenvalue weighted by molar-refractivity contribution is 7.15. The van der Waals surface area contributed by atoms with Gasteiger partial charge in [-0.05, 0) is 25.0 Å². The quantitative estimate of drug-likeness (QED) is 0.887. The molecular formula is C17H24N2OS. The number of nitrogens with zero attached hydrogens (tertiary/aromatic N) is 1. The van der Waals surface area contributed by atoms with Crippen molar-refractivity contribution in [3.63, 3.8) is 0 Å². The molecule has 2 aromatic rings. The molecule has 1 saturated carbocycles. The Morgan fingerprint density at radius 3 is 2.71 bits per heavy atom. The van der Waals surface area contributed by atoms with Crippen molar-refractivity contribution in [3.05, 3.63) is 29.0 Å². The zero-order valence-corrected chi connectivity index (χ0v) is 13.9. The van der Waals surface area contributed by atoms with Crippen LogP contribution >= 0.6 is 11.3 Å². The third-order valence-corrected chi connectivity index (χ3v) is 5.12. The van der Waals surface area contributed by atoms with E-state index in [1.165, 1.54) is 36.3 Å². The highest BCUT2D eigenvalue weighted by Gasteiger charge is 2.25. The topological polar surface area (TPSA) is 38.1 Å². The van der Waals surface area contributed by atoms with Gasteiger partial charge < -0.3 is 9.73 Å². The van der Waals surface area contributed by atoms with Crippen molar-refractivity contribution in [1.29, 1.82) is 0 Å². The first-order valence-corrected chi connectivity index (χ1v) is 8.63. The Bertz CT molecular complexity index is 574. The maximum Gasteiger partial charge on any atom is 0.162 e. The lowest BCUT2D eigenvalue weighted by Crippen LogP contribution is -2.26. The van der Waals surface area contributed by atoms with Crippen molar-refractivity contribution in [2.45, 2.75) is 64.5 Å². The Labute approximate surface area is 130 Å². The third-order valence-electron chi connectivity index (χ3n) is 4.05. The lowest BCUT2D eigenvalue weighted by atomic mass is 9.91. The molecular weight excluding hydrogens is 280 g/mol. The summed E-state index contributed by atoms with van der Waals surface area (Å²) in [7, 11) is 0. The van der Waals surface area contributed by atoms with Crippen LogP contribution in [0.1, 0.15) is 57.0 Å². The van der Waals surface area contributed by atoms with Crippen LogP contribution in [0.5, 0.6) is 0 Å². The van der Waals surface area contributed by atoms with E-state index in [0.717, 1.165) is 17.3 Å². The van der Waals surface area contributed by atoms with Gasteiger partial charge in [-0.2, -0.15) is 0 Å². The van der Waals surface area contributed by atoms with Crippen LogP contribution in [0.15, 0.2) is 22.8 Å². The predicted molar refractivity (Wildman–Crippen MR) is 87.6 cm³/mol. The molecule has 0 amide bonds. The second-order valence-corrected chi connectivity index (χ2v) is 7.96. The third kappa shape index (κ3) is 3.38. The summed E-state index contributed by atoms with van der Waals surface area (Å²) in [5.41, 5.74) is 1.26. The Balaban J connectivity index is 1.82. The molecule has 1 fully saturated rings. The zero-order chi connectivity index (χ0) is 14.9. The summed E-state index contributed by atoms with van der Waals surface area (Å²) in [6.45, 7) is 7.61. The number of rotatable bonds is 4. The monoisotopic (exact) mass is 304 g/mol. The van der Waals surface area contributed by atoms with Crippen molar-refractivity contribution in [2.75, 3.05) is 0 Å². The molecule has 1 aliphatic rings. The highest BCUT2D eigenvalue weighted by atomic mass is 32.1. The van der Waals surface area contributed by atoms with E-state index in [1.54, 1.807) is 17.6 Å². The molecule has 0 bridgehead atoms. The van der Waals surface area contributed by atoms with Crippen molar-refractivity contribution in [1.82, 2.24) is 10.3 Å². The molecule has 0 radical (unpaired) electrons. The van der Waals surface area contributed by atoms with Crippen LogP contribution in [0.2, 0.25) is 0 Å². The van der Waals surface area contributed by atoms with Gasteiger partial charge in [0.05, 0.1) is 12.0 Å². The number of aromatic nitrogens is 1. The molecule has 0 aromatic carbocycles. The molecule has 114 valence electrons. The lowest BCUT2D eigenvalue weighted by Gasteiger charge is -2.19. The predicted octanol–water partition coefficient (Wildman–Crippen LogP) is 4.73. The summed E-state index contributed by atoms with van der Waals surface area (Å²) in [5.74, 6) is 0.873. The van der Waals surface area contributed by atoms with Gasteiger partial charge in [0, 0.05) is 22.9 Å². The first kappa shape index (κ1) is 14.8. The Hall–Kier alpha value is -1.13. The van der Waals surface area contributed by atoms with Gasteiger partial charge in [-0.25, -0.2) is 4.98 Å². The van der Waals surface area contributed by atoms with Gasteiger partial charge >= 0.3 is 0 Å². The molecule has 0 atom stereocenters. The fourth-order valence-electron chi connectivity index (χ4n) is 2.93. The van der Waals surface area contributed by atoms with E-state index in [4.69, 9.17) is 9.40 Å². The first-order chi connectivity index (χ1) is 10.0. The van der Waals surface area contributed by atoms with Gasteiger partial charge in [-0.15, -0.1) is 11.3 Å². The van der Waals surface area contributed by atoms with Gasteiger partial charge in [0.1, 0.15) is 0 Å². The van der Waals surface area contributed by atoms with E-state index in [-0.39, 0.29) is 5.41 Å². The highest BCUT2D eigenvalue weighted by Crippen LogP contribution is 2.35. The van der Waals surface area contributed by atoms with Gasteiger partial charge in [-0.3, -0.25) is 0 Å². The second kappa shape index (κ2) is 5.93. The minimum absolute atomic E-state index is 0.0635. The summed E-state index contributed by atoms with van der Waals surface area (Å²) in [6, 6.07) is 4.59. The first-order valence-electron chi connectivity index (χ1n) is 7.81. The van der Waals surface area contributed by atoms with Crippen LogP contribution in [-0.2, 0) is 12.0 Å². The van der Waals surface area contributed by atoms with E-state index in [2.05, 4.69) is 26.1 Å². The molecule has 0 aliphatic heterocycles. The van der Waals surface area contributed by atoms with Crippen LogP contribution in [0, 0.1) is 0 Å². The normalized spacial score (nSPS) is 16.7. The van der Waals surface area contributed by atoms with Crippen LogP contribution < -0.4 is 5.32 Å². The molecule has 0 unspecified atom stereocenters. The Kier molecular flexibility index (Phi) is 4.18. The largest absolute Gasteiger partial charge is 0.462 e. The minimum atomic E-state index is 0.0635. The van der Waals surface area contributed by atoms with Gasteiger partial charge in [-0.1, -0.05) is 33.6 Å². The Morgan fingerprint density at radius 1 is 1.33 bits per heavy atom. The molecule has 0 saturated heterocycles. The molecule has 4 heteroatoms. The molecule has 21 heavy (non-hydrogen) atoms. The van der Waals surface area contributed by atoms with E-state index in [1.807, 2.05) is 12.1 Å². The maximum absolute atomic E-state index is 5.51. The molecule has 3 rings (SSSR count). The number of nitrogens with one attached hydrogen (secondary N) is 1. The summed E-state index contributed by atoms with van der Waals surface area (Å²) in [5, 5.41) is 4.70. The zero-order valence-electron chi connectivity index (χ0n) is 13.1. The fourth-order valence-corrected chi connectivity index (χ4v) is 4.12. The average molecular weight is 304 g/mol. The van der Waals surface area contributed by atoms with Crippen LogP contribution in [0.4, 0.5) is 0 Å².